The Bertz CT molecular complexity index is 768. The van der Waals surface area contributed by atoms with Gasteiger partial charge in [-0.3, -0.25) is 9.98 Å². The summed E-state index contributed by atoms with van der Waals surface area (Å²) >= 11 is 0. The number of nitrogens with zero attached hydrogens (tertiary/aromatic N) is 2. The van der Waals surface area contributed by atoms with Gasteiger partial charge < -0.3 is 4.74 Å². The number of benzene rings is 1. The predicted octanol–water partition coefficient (Wildman–Crippen LogP) is 5.59. The van der Waals surface area contributed by atoms with Gasteiger partial charge in [0.15, 0.2) is 0 Å². The van der Waals surface area contributed by atoms with Crippen LogP contribution in [-0.2, 0) is 5.41 Å². The number of hydrogen-bond acceptors (Lipinski definition) is 3. The molecule has 3 nitrogen and oxygen atoms in total. The lowest BCUT2D eigenvalue weighted by atomic mass is 9.85. The highest BCUT2D eigenvalue weighted by molar-refractivity contribution is 5.63. The van der Waals surface area contributed by atoms with Gasteiger partial charge >= 0.3 is 0 Å². The number of aliphatic imine (C=N–C) groups is 1. The Kier molecular flexibility index (Phi) is 6.29. The Labute approximate surface area is 150 Å². The van der Waals surface area contributed by atoms with Crippen LogP contribution in [0, 0.1) is 0 Å². The van der Waals surface area contributed by atoms with Crippen LogP contribution in [-0.4, -0.2) is 17.7 Å². The molecule has 0 unspecified atom stereocenters. The molecule has 1 aromatic heterocycles. The van der Waals surface area contributed by atoms with Gasteiger partial charge in [-0.1, -0.05) is 39.5 Å². The number of hydrogen-bond donors (Lipinski definition) is 0. The van der Waals surface area contributed by atoms with Crippen molar-refractivity contribution in [3.63, 3.8) is 0 Å². The first-order chi connectivity index (χ1) is 11.9. The summed E-state index contributed by atoms with van der Waals surface area (Å²) in [6.45, 7) is 13.0. The van der Waals surface area contributed by atoms with E-state index in [1.165, 1.54) is 5.56 Å². The highest BCUT2D eigenvalue weighted by Crippen LogP contribution is 2.32. The summed E-state index contributed by atoms with van der Waals surface area (Å²) in [5.74, 6) is 1.35. The number of allylic oxidation sites excluding steroid dienone is 1. The van der Waals surface area contributed by atoms with Crippen LogP contribution >= 0.6 is 0 Å². The van der Waals surface area contributed by atoms with Crippen LogP contribution < -0.4 is 4.74 Å². The lowest BCUT2D eigenvalue weighted by Gasteiger charge is -2.21. The van der Waals surface area contributed by atoms with Crippen molar-refractivity contribution in [1.29, 1.82) is 0 Å². The number of aromatic nitrogens is 1. The van der Waals surface area contributed by atoms with E-state index in [-0.39, 0.29) is 5.41 Å². The second kappa shape index (κ2) is 8.43. The molecule has 0 N–H and O–H groups in total. The average molecular weight is 334 g/mol. The molecule has 0 radical (unpaired) electrons. The summed E-state index contributed by atoms with van der Waals surface area (Å²) in [6.07, 6.45) is 7.35. The lowest BCUT2D eigenvalue weighted by Crippen LogP contribution is -2.11. The zero-order chi connectivity index (χ0) is 18.3. The molecule has 0 atom stereocenters. The summed E-state index contributed by atoms with van der Waals surface area (Å²) in [5, 5.41) is 0. The zero-order valence-corrected chi connectivity index (χ0v) is 15.5. The lowest BCUT2D eigenvalue weighted by molar-refractivity contribution is 0.444. The van der Waals surface area contributed by atoms with Crippen molar-refractivity contribution in [1.82, 2.24) is 4.98 Å². The van der Waals surface area contributed by atoms with Crippen molar-refractivity contribution in [2.24, 2.45) is 4.99 Å². The SMILES string of the molecule is C=C(/C=C/CN=CC)Oc1cc(-c2ccccn2)cc(C(C)(C)C)c1. The maximum Gasteiger partial charge on any atom is 0.128 e. The van der Waals surface area contributed by atoms with Crippen molar-refractivity contribution in [3.05, 3.63) is 72.6 Å². The average Bonchev–Trinajstić information content (AvgIpc) is 2.58. The minimum absolute atomic E-state index is 0.00983. The third-order valence-electron chi connectivity index (χ3n) is 3.68. The molecule has 0 saturated carbocycles. The number of ether oxygens (including phenoxy) is 1. The monoisotopic (exact) mass is 334 g/mol. The van der Waals surface area contributed by atoms with Crippen molar-refractivity contribution < 1.29 is 4.74 Å². The minimum atomic E-state index is 0.00983. The summed E-state index contributed by atoms with van der Waals surface area (Å²) < 4.78 is 5.93. The van der Waals surface area contributed by atoms with Gasteiger partial charge in [0.2, 0.25) is 0 Å². The first-order valence-corrected chi connectivity index (χ1v) is 8.45. The largest absolute Gasteiger partial charge is 0.458 e. The third kappa shape index (κ3) is 5.71. The van der Waals surface area contributed by atoms with Crippen LogP contribution in [0.3, 0.4) is 0 Å². The van der Waals surface area contributed by atoms with Crippen LogP contribution in [0.1, 0.15) is 33.3 Å². The van der Waals surface area contributed by atoms with E-state index in [1.54, 1.807) is 12.4 Å². The smallest absolute Gasteiger partial charge is 0.128 e. The van der Waals surface area contributed by atoms with Crippen LogP contribution in [0.4, 0.5) is 0 Å². The Hall–Kier alpha value is -2.68. The fraction of sp³-hybridized carbons (Fsp3) is 0.273. The fourth-order valence-corrected chi connectivity index (χ4v) is 2.31. The van der Waals surface area contributed by atoms with E-state index >= 15 is 0 Å². The maximum absolute atomic E-state index is 5.93. The molecule has 0 fully saturated rings. The molecule has 130 valence electrons. The Morgan fingerprint density at radius 1 is 1.24 bits per heavy atom. The highest BCUT2D eigenvalue weighted by Gasteiger charge is 2.17. The van der Waals surface area contributed by atoms with Crippen LogP contribution in [0.25, 0.3) is 11.3 Å². The van der Waals surface area contributed by atoms with Crippen molar-refractivity contribution in [2.45, 2.75) is 33.1 Å². The standard InChI is InChI=1S/C22H26N2O/c1-6-23-12-9-10-17(2)25-20-15-18(21-11-7-8-13-24-21)14-19(16-20)22(3,4)5/h6-11,13-16H,2,12H2,1,3-5H3/b10-9+,23-6?. The van der Waals surface area contributed by atoms with Gasteiger partial charge in [0.25, 0.3) is 0 Å². The van der Waals surface area contributed by atoms with Crippen molar-refractivity contribution in [2.75, 3.05) is 6.54 Å². The summed E-state index contributed by atoms with van der Waals surface area (Å²) in [4.78, 5) is 8.59. The molecule has 0 aliphatic rings. The van der Waals surface area contributed by atoms with E-state index in [2.05, 4.69) is 49.5 Å². The molecule has 2 aromatic rings. The van der Waals surface area contributed by atoms with Crippen LogP contribution in [0.5, 0.6) is 5.75 Å². The second-order valence-corrected chi connectivity index (χ2v) is 6.81. The van der Waals surface area contributed by atoms with E-state index in [4.69, 9.17) is 4.74 Å². The summed E-state index contributed by atoms with van der Waals surface area (Å²) in [7, 11) is 0. The summed E-state index contributed by atoms with van der Waals surface area (Å²) in [6, 6.07) is 12.1. The molecule has 1 aromatic carbocycles. The number of rotatable bonds is 6. The molecule has 0 bridgehead atoms. The van der Waals surface area contributed by atoms with Crippen LogP contribution in [0.15, 0.2) is 72.1 Å². The van der Waals surface area contributed by atoms with Crippen LogP contribution in [0.2, 0.25) is 0 Å². The molecular weight excluding hydrogens is 308 g/mol. The summed E-state index contributed by atoms with van der Waals surface area (Å²) in [5.41, 5.74) is 3.17. The van der Waals surface area contributed by atoms with Crippen molar-refractivity contribution in [3.8, 4) is 17.0 Å². The van der Waals surface area contributed by atoms with Gasteiger partial charge in [-0.05, 0) is 60.5 Å². The second-order valence-electron chi connectivity index (χ2n) is 6.81. The first kappa shape index (κ1) is 18.7. The fourth-order valence-electron chi connectivity index (χ4n) is 2.31. The molecule has 0 spiro atoms. The van der Waals surface area contributed by atoms with E-state index in [9.17, 15) is 0 Å². The van der Waals surface area contributed by atoms with E-state index < -0.39 is 0 Å². The Balaban J connectivity index is 2.31. The molecule has 0 saturated heterocycles. The highest BCUT2D eigenvalue weighted by atomic mass is 16.5. The minimum Gasteiger partial charge on any atom is -0.458 e. The molecule has 2 rings (SSSR count). The van der Waals surface area contributed by atoms with Gasteiger partial charge in [0.05, 0.1) is 12.2 Å². The predicted molar refractivity (Wildman–Crippen MR) is 106 cm³/mol. The zero-order valence-electron chi connectivity index (χ0n) is 15.5. The van der Waals surface area contributed by atoms with Gasteiger partial charge in [-0.15, -0.1) is 0 Å². The Morgan fingerprint density at radius 3 is 2.68 bits per heavy atom. The van der Waals surface area contributed by atoms with E-state index in [0.717, 1.165) is 17.0 Å². The molecule has 3 heteroatoms. The molecular formula is C22H26N2O. The molecule has 0 aliphatic heterocycles. The van der Waals surface area contributed by atoms with Gasteiger partial charge in [-0.2, -0.15) is 0 Å². The molecule has 25 heavy (non-hydrogen) atoms. The first-order valence-electron chi connectivity index (χ1n) is 8.45. The topological polar surface area (TPSA) is 34.5 Å². The Morgan fingerprint density at radius 2 is 2.04 bits per heavy atom. The third-order valence-corrected chi connectivity index (χ3v) is 3.68. The van der Waals surface area contributed by atoms with Gasteiger partial charge in [-0.25, -0.2) is 0 Å². The van der Waals surface area contributed by atoms with E-state index in [0.29, 0.717) is 12.3 Å². The van der Waals surface area contributed by atoms with Crippen molar-refractivity contribution >= 4 is 6.21 Å². The quantitative estimate of drug-likeness (QED) is 0.392. The number of pyridine rings is 1. The molecule has 0 aliphatic carbocycles. The molecule has 1 heterocycles. The van der Waals surface area contributed by atoms with E-state index in [1.807, 2.05) is 43.3 Å². The normalized spacial score (nSPS) is 12.0. The maximum atomic E-state index is 5.93. The van der Waals surface area contributed by atoms with Gasteiger partial charge in [0, 0.05) is 11.8 Å². The van der Waals surface area contributed by atoms with Gasteiger partial charge in [0.1, 0.15) is 11.5 Å². The molecule has 0 amide bonds.